The van der Waals surface area contributed by atoms with Crippen molar-refractivity contribution < 1.29 is 0 Å². The van der Waals surface area contributed by atoms with Gasteiger partial charge in [0.1, 0.15) is 0 Å². The largest absolute Gasteiger partial charge is 0.313 e. The first-order chi connectivity index (χ1) is 7.83. The first-order valence-electron chi connectivity index (χ1n) is 6.31. The fraction of sp³-hybridized carbons (Fsp3) is 0.571. The molecule has 0 bridgehead atoms. The van der Waals surface area contributed by atoms with Gasteiger partial charge in [-0.25, -0.2) is 0 Å². The number of thiol groups is 1. The summed E-state index contributed by atoms with van der Waals surface area (Å²) in [6, 6.07) is 8.35. The van der Waals surface area contributed by atoms with Crippen molar-refractivity contribution in [2.45, 2.75) is 50.5 Å². The first-order valence-corrected chi connectivity index (χ1v) is 6.76. The molecule has 0 amide bonds. The Bertz CT molecular complexity index is 269. The molecule has 0 saturated carbocycles. The third-order valence-electron chi connectivity index (χ3n) is 2.72. The molecule has 0 aromatic heterocycles. The topological polar surface area (TPSA) is 12.0 Å². The molecule has 90 valence electrons. The lowest BCUT2D eigenvalue weighted by atomic mass is 10.1. The van der Waals surface area contributed by atoms with Crippen LogP contribution in [0.4, 0.5) is 0 Å². The molecule has 2 heteroatoms. The highest BCUT2D eigenvalue weighted by Gasteiger charge is 1.92. The van der Waals surface area contributed by atoms with E-state index in [0.717, 1.165) is 18.0 Å². The molecule has 1 rings (SSSR count). The Morgan fingerprint density at radius 1 is 1.00 bits per heavy atom. The van der Waals surface area contributed by atoms with Gasteiger partial charge in [-0.1, -0.05) is 44.7 Å². The number of unbranched alkanes of at least 4 members (excludes halogenated alkanes) is 4. The van der Waals surface area contributed by atoms with E-state index >= 15 is 0 Å². The average molecular weight is 237 g/mol. The lowest BCUT2D eigenvalue weighted by Crippen LogP contribution is -2.14. The Labute approximate surface area is 105 Å². The monoisotopic (exact) mass is 237 g/mol. The maximum atomic E-state index is 4.27. The van der Waals surface area contributed by atoms with Crippen LogP contribution >= 0.6 is 12.6 Å². The van der Waals surface area contributed by atoms with Gasteiger partial charge in [-0.2, -0.15) is 0 Å². The van der Waals surface area contributed by atoms with Crippen molar-refractivity contribution in [2.75, 3.05) is 6.54 Å². The summed E-state index contributed by atoms with van der Waals surface area (Å²) in [7, 11) is 0. The molecule has 1 aromatic rings. The van der Waals surface area contributed by atoms with Gasteiger partial charge in [0, 0.05) is 11.4 Å². The molecule has 0 saturated heterocycles. The van der Waals surface area contributed by atoms with E-state index in [0.29, 0.717) is 0 Å². The number of benzene rings is 1. The summed E-state index contributed by atoms with van der Waals surface area (Å²) in [6.45, 7) is 4.36. The smallest absolute Gasteiger partial charge is 0.0205 e. The van der Waals surface area contributed by atoms with E-state index in [1.807, 2.05) is 12.1 Å². The highest BCUT2D eigenvalue weighted by molar-refractivity contribution is 7.80. The van der Waals surface area contributed by atoms with Crippen molar-refractivity contribution in [3.8, 4) is 0 Å². The summed E-state index contributed by atoms with van der Waals surface area (Å²) in [6.07, 6.45) is 6.74. The Balaban J connectivity index is 2.01. The van der Waals surface area contributed by atoms with Crippen LogP contribution in [0.1, 0.15) is 44.6 Å². The van der Waals surface area contributed by atoms with Gasteiger partial charge < -0.3 is 5.32 Å². The van der Waals surface area contributed by atoms with Crippen LogP contribution in [0.5, 0.6) is 0 Å². The highest BCUT2D eigenvalue weighted by Crippen LogP contribution is 2.07. The first kappa shape index (κ1) is 13.6. The van der Waals surface area contributed by atoms with E-state index in [4.69, 9.17) is 0 Å². The predicted molar refractivity (Wildman–Crippen MR) is 74.2 cm³/mol. The van der Waals surface area contributed by atoms with Crippen LogP contribution in [0.25, 0.3) is 0 Å². The second kappa shape index (κ2) is 8.66. The van der Waals surface area contributed by atoms with E-state index < -0.39 is 0 Å². The van der Waals surface area contributed by atoms with Crippen LogP contribution in [0, 0.1) is 0 Å². The average Bonchev–Trinajstić information content (AvgIpc) is 2.30. The van der Waals surface area contributed by atoms with Crippen molar-refractivity contribution in [2.24, 2.45) is 0 Å². The molecule has 0 aliphatic carbocycles. The molecule has 1 nitrogen and oxygen atoms in total. The highest BCUT2D eigenvalue weighted by atomic mass is 32.1. The van der Waals surface area contributed by atoms with E-state index in [2.05, 4.69) is 37.0 Å². The van der Waals surface area contributed by atoms with Gasteiger partial charge in [0.05, 0.1) is 0 Å². The van der Waals surface area contributed by atoms with Gasteiger partial charge >= 0.3 is 0 Å². The predicted octanol–water partition coefficient (Wildman–Crippen LogP) is 4.04. The van der Waals surface area contributed by atoms with Gasteiger partial charge in [-0.15, -0.1) is 12.6 Å². The Kier molecular flexibility index (Phi) is 7.35. The molecule has 0 atom stereocenters. The van der Waals surface area contributed by atoms with E-state index in [-0.39, 0.29) is 0 Å². The lowest BCUT2D eigenvalue weighted by Gasteiger charge is -2.05. The van der Waals surface area contributed by atoms with Crippen molar-refractivity contribution in [1.29, 1.82) is 0 Å². The number of hydrogen-bond donors (Lipinski definition) is 2. The lowest BCUT2D eigenvalue weighted by molar-refractivity contribution is 0.583. The molecule has 0 aliphatic heterocycles. The van der Waals surface area contributed by atoms with Crippen LogP contribution in [0.15, 0.2) is 29.2 Å². The summed E-state index contributed by atoms with van der Waals surface area (Å²) < 4.78 is 0. The Hall–Kier alpha value is -0.470. The zero-order valence-electron chi connectivity index (χ0n) is 10.2. The number of nitrogens with one attached hydrogen (secondary N) is 1. The summed E-state index contributed by atoms with van der Waals surface area (Å²) in [5.74, 6) is 0. The van der Waals surface area contributed by atoms with E-state index in [1.165, 1.54) is 37.7 Å². The van der Waals surface area contributed by atoms with E-state index in [1.54, 1.807) is 0 Å². The molecule has 1 N–H and O–H groups in total. The summed E-state index contributed by atoms with van der Waals surface area (Å²) in [4.78, 5) is 1.03. The van der Waals surface area contributed by atoms with Crippen molar-refractivity contribution in [3.63, 3.8) is 0 Å². The minimum absolute atomic E-state index is 0.974. The molecular weight excluding hydrogens is 214 g/mol. The maximum absolute atomic E-state index is 4.27. The Morgan fingerprint density at radius 3 is 2.38 bits per heavy atom. The van der Waals surface area contributed by atoms with Gasteiger partial charge in [-0.05, 0) is 30.7 Å². The van der Waals surface area contributed by atoms with Crippen LogP contribution in [0.3, 0.4) is 0 Å². The van der Waals surface area contributed by atoms with Crippen molar-refractivity contribution >= 4 is 12.6 Å². The van der Waals surface area contributed by atoms with E-state index in [9.17, 15) is 0 Å². The molecule has 1 aromatic carbocycles. The minimum atomic E-state index is 0.974. The molecule has 0 radical (unpaired) electrons. The molecule has 0 spiro atoms. The normalized spacial score (nSPS) is 10.6. The van der Waals surface area contributed by atoms with Crippen molar-refractivity contribution in [3.05, 3.63) is 29.8 Å². The van der Waals surface area contributed by atoms with Crippen molar-refractivity contribution in [1.82, 2.24) is 5.32 Å². The maximum Gasteiger partial charge on any atom is 0.0205 e. The molecule has 0 unspecified atom stereocenters. The second-order valence-corrected chi connectivity index (χ2v) is 4.77. The fourth-order valence-electron chi connectivity index (χ4n) is 1.70. The van der Waals surface area contributed by atoms with Crippen LogP contribution in [0.2, 0.25) is 0 Å². The third-order valence-corrected chi connectivity index (χ3v) is 3.02. The van der Waals surface area contributed by atoms with Crippen LogP contribution in [-0.2, 0) is 6.54 Å². The standard InChI is InChI=1S/C14H23NS/c1-2-3-4-5-6-11-15-12-13-7-9-14(16)10-8-13/h7-10,15-16H,2-6,11-12H2,1H3. The van der Waals surface area contributed by atoms with Crippen LogP contribution in [-0.4, -0.2) is 6.54 Å². The SMILES string of the molecule is CCCCCCCNCc1ccc(S)cc1. The molecule has 16 heavy (non-hydrogen) atoms. The summed E-state index contributed by atoms with van der Waals surface area (Å²) in [5.41, 5.74) is 1.34. The Morgan fingerprint density at radius 2 is 1.69 bits per heavy atom. The van der Waals surface area contributed by atoms with Crippen LogP contribution < -0.4 is 5.32 Å². The second-order valence-electron chi connectivity index (χ2n) is 4.26. The molecule has 0 heterocycles. The molecule has 0 fully saturated rings. The number of rotatable bonds is 8. The minimum Gasteiger partial charge on any atom is -0.313 e. The van der Waals surface area contributed by atoms with Gasteiger partial charge in [0.2, 0.25) is 0 Å². The summed E-state index contributed by atoms with van der Waals surface area (Å²) in [5, 5.41) is 3.47. The zero-order valence-corrected chi connectivity index (χ0v) is 11.1. The van der Waals surface area contributed by atoms with Gasteiger partial charge in [0.25, 0.3) is 0 Å². The fourth-order valence-corrected chi connectivity index (χ4v) is 1.85. The number of hydrogen-bond acceptors (Lipinski definition) is 2. The molecular formula is C14H23NS. The van der Waals surface area contributed by atoms with Gasteiger partial charge in [0.15, 0.2) is 0 Å². The van der Waals surface area contributed by atoms with Gasteiger partial charge in [-0.3, -0.25) is 0 Å². The summed E-state index contributed by atoms with van der Waals surface area (Å²) >= 11 is 4.27. The zero-order chi connectivity index (χ0) is 11.6. The third kappa shape index (κ3) is 6.19. The molecule has 0 aliphatic rings. The quantitative estimate of drug-likeness (QED) is 0.514.